The number of nitrogens with one attached hydrogen (secondary N) is 2. The van der Waals surface area contributed by atoms with Crippen molar-refractivity contribution in [3.63, 3.8) is 0 Å². The maximum atomic E-state index is 11.7. The number of hydrogen-bond donors (Lipinski definition) is 2. The summed E-state index contributed by atoms with van der Waals surface area (Å²) in [4.78, 5) is 11.7. The van der Waals surface area contributed by atoms with Gasteiger partial charge in [-0.2, -0.15) is 0 Å². The first-order valence-corrected chi connectivity index (χ1v) is 5.68. The molecule has 0 atom stereocenters. The predicted octanol–water partition coefficient (Wildman–Crippen LogP) is 2.34. The average molecular weight is 245 g/mol. The molecule has 0 saturated carbocycles. The van der Waals surface area contributed by atoms with E-state index >= 15 is 0 Å². The molecule has 1 amide bonds. The first-order valence-electron chi connectivity index (χ1n) is 5.68. The minimum Gasteiger partial charge on any atom is -0.376 e. The fourth-order valence-electron chi connectivity index (χ4n) is 1.44. The number of carbonyl (C=O) groups is 1. The van der Waals surface area contributed by atoms with Gasteiger partial charge < -0.3 is 9.84 Å². The number of nitrogens with zero attached hydrogens (tertiary/aromatic N) is 1. The van der Waals surface area contributed by atoms with Crippen molar-refractivity contribution < 1.29 is 9.32 Å². The first kappa shape index (κ1) is 12.2. The van der Waals surface area contributed by atoms with Crippen LogP contribution in [-0.4, -0.2) is 17.6 Å². The van der Waals surface area contributed by atoms with Crippen LogP contribution < -0.4 is 10.6 Å². The molecular formula is C13H15N3O2. The van der Waals surface area contributed by atoms with Crippen molar-refractivity contribution in [3.8, 4) is 0 Å². The van der Waals surface area contributed by atoms with Crippen molar-refractivity contribution in [2.45, 2.75) is 13.8 Å². The van der Waals surface area contributed by atoms with Crippen molar-refractivity contribution >= 4 is 17.5 Å². The van der Waals surface area contributed by atoms with E-state index in [2.05, 4.69) is 15.8 Å². The largest absolute Gasteiger partial charge is 0.376 e. The standard InChI is InChI=1S/C13H15N3O2/c1-9-10(2)16-18-13(9)15-12(17)8-14-11-6-4-3-5-7-11/h3-7,14H,8H2,1-2H3,(H,15,17). The van der Waals surface area contributed by atoms with Gasteiger partial charge in [0, 0.05) is 11.3 Å². The number of carbonyl (C=O) groups excluding carboxylic acids is 1. The predicted molar refractivity (Wildman–Crippen MR) is 69.5 cm³/mol. The van der Waals surface area contributed by atoms with Gasteiger partial charge in [-0.3, -0.25) is 10.1 Å². The Labute approximate surface area is 105 Å². The zero-order chi connectivity index (χ0) is 13.0. The third-order valence-electron chi connectivity index (χ3n) is 2.64. The maximum absolute atomic E-state index is 11.7. The number of benzene rings is 1. The van der Waals surface area contributed by atoms with Gasteiger partial charge in [-0.05, 0) is 26.0 Å². The Morgan fingerprint density at radius 3 is 2.61 bits per heavy atom. The smallest absolute Gasteiger partial charge is 0.246 e. The molecule has 1 heterocycles. The van der Waals surface area contributed by atoms with E-state index in [9.17, 15) is 4.79 Å². The maximum Gasteiger partial charge on any atom is 0.246 e. The molecule has 0 bridgehead atoms. The number of rotatable bonds is 4. The van der Waals surface area contributed by atoms with Gasteiger partial charge in [-0.1, -0.05) is 23.4 Å². The molecular weight excluding hydrogens is 230 g/mol. The van der Waals surface area contributed by atoms with Crippen molar-refractivity contribution in [1.82, 2.24) is 5.16 Å². The fourth-order valence-corrected chi connectivity index (χ4v) is 1.44. The summed E-state index contributed by atoms with van der Waals surface area (Å²) in [7, 11) is 0. The second-order valence-electron chi connectivity index (χ2n) is 3.99. The van der Waals surface area contributed by atoms with Crippen molar-refractivity contribution in [3.05, 3.63) is 41.6 Å². The van der Waals surface area contributed by atoms with Crippen LogP contribution in [0.2, 0.25) is 0 Å². The first-order chi connectivity index (χ1) is 8.66. The lowest BCUT2D eigenvalue weighted by Gasteiger charge is -2.05. The van der Waals surface area contributed by atoms with E-state index in [1.54, 1.807) is 0 Å². The summed E-state index contributed by atoms with van der Waals surface area (Å²) in [6, 6.07) is 9.54. The molecule has 2 aromatic rings. The monoisotopic (exact) mass is 245 g/mol. The summed E-state index contributed by atoms with van der Waals surface area (Å²) in [6.45, 7) is 3.87. The number of aromatic nitrogens is 1. The van der Waals surface area contributed by atoms with Gasteiger partial charge in [-0.25, -0.2) is 0 Å². The second-order valence-corrected chi connectivity index (χ2v) is 3.99. The molecule has 0 aliphatic heterocycles. The van der Waals surface area contributed by atoms with E-state index in [4.69, 9.17) is 4.52 Å². The van der Waals surface area contributed by atoms with Gasteiger partial charge in [0.2, 0.25) is 11.8 Å². The van der Waals surface area contributed by atoms with Crippen molar-refractivity contribution in [1.29, 1.82) is 0 Å². The lowest BCUT2D eigenvalue weighted by molar-refractivity contribution is -0.114. The van der Waals surface area contributed by atoms with Crippen LogP contribution in [0.25, 0.3) is 0 Å². The van der Waals surface area contributed by atoms with E-state index in [0.29, 0.717) is 5.88 Å². The number of aryl methyl sites for hydroxylation is 1. The van der Waals surface area contributed by atoms with Gasteiger partial charge in [0.1, 0.15) is 0 Å². The molecule has 1 aromatic heterocycles. The quantitative estimate of drug-likeness (QED) is 0.867. The third kappa shape index (κ3) is 2.88. The van der Waals surface area contributed by atoms with Crippen LogP contribution in [0.1, 0.15) is 11.3 Å². The Kier molecular flexibility index (Phi) is 3.62. The van der Waals surface area contributed by atoms with Crippen LogP contribution in [0, 0.1) is 13.8 Å². The zero-order valence-corrected chi connectivity index (χ0v) is 10.4. The van der Waals surface area contributed by atoms with E-state index in [-0.39, 0.29) is 12.5 Å². The highest BCUT2D eigenvalue weighted by Gasteiger charge is 2.11. The highest BCUT2D eigenvalue weighted by Crippen LogP contribution is 2.17. The molecule has 5 nitrogen and oxygen atoms in total. The van der Waals surface area contributed by atoms with Crippen LogP contribution in [0.5, 0.6) is 0 Å². The van der Waals surface area contributed by atoms with E-state index in [0.717, 1.165) is 16.9 Å². The Morgan fingerprint density at radius 2 is 2.00 bits per heavy atom. The van der Waals surface area contributed by atoms with Crippen LogP contribution in [0.3, 0.4) is 0 Å². The lowest BCUT2D eigenvalue weighted by atomic mass is 10.3. The summed E-state index contributed by atoms with van der Waals surface area (Å²) in [5, 5.41) is 9.46. The third-order valence-corrected chi connectivity index (χ3v) is 2.64. The molecule has 1 aromatic carbocycles. The Bertz CT molecular complexity index is 534. The Morgan fingerprint density at radius 1 is 1.28 bits per heavy atom. The average Bonchev–Trinajstić information content (AvgIpc) is 2.70. The molecule has 2 rings (SSSR count). The van der Waals surface area contributed by atoms with Crippen molar-refractivity contribution in [2.24, 2.45) is 0 Å². The van der Waals surface area contributed by atoms with Gasteiger partial charge in [0.25, 0.3) is 0 Å². The van der Waals surface area contributed by atoms with E-state index in [1.807, 2.05) is 44.2 Å². The summed E-state index contributed by atoms with van der Waals surface area (Å²) in [5.74, 6) is 0.241. The minimum absolute atomic E-state index is 0.168. The van der Waals surface area contributed by atoms with Gasteiger partial charge in [-0.15, -0.1) is 0 Å². The van der Waals surface area contributed by atoms with Gasteiger partial charge in [0.05, 0.1) is 12.2 Å². The van der Waals surface area contributed by atoms with Gasteiger partial charge >= 0.3 is 0 Å². The van der Waals surface area contributed by atoms with Gasteiger partial charge in [0.15, 0.2) is 0 Å². The Hall–Kier alpha value is -2.30. The molecule has 18 heavy (non-hydrogen) atoms. The number of amides is 1. The molecule has 0 unspecified atom stereocenters. The zero-order valence-electron chi connectivity index (χ0n) is 10.4. The molecule has 2 N–H and O–H groups in total. The topological polar surface area (TPSA) is 67.2 Å². The summed E-state index contributed by atoms with van der Waals surface area (Å²) >= 11 is 0. The fraction of sp³-hybridized carbons (Fsp3) is 0.231. The normalized spacial score (nSPS) is 10.1. The highest BCUT2D eigenvalue weighted by molar-refractivity contribution is 5.93. The van der Waals surface area contributed by atoms with E-state index in [1.165, 1.54) is 0 Å². The molecule has 0 aliphatic rings. The molecule has 0 saturated heterocycles. The van der Waals surface area contributed by atoms with Crippen LogP contribution in [-0.2, 0) is 4.79 Å². The highest BCUT2D eigenvalue weighted by atomic mass is 16.5. The van der Waals surface area contributed by atoms with Crippen molar-refractivity contribution in [2.75, 3.05) is 17.2 Å². The molecule has 0 spiro atoms. The summed E-state index contributed by atoms with van der Waals surface area (Å²) < 4.78 is 5.01. The molecule has 5 heteroatoms. The van der Waals surface area contributed by atoms with Crippen LogP contribution in [0.4, 0.5) is 11.6 Å². The van der Waals surface area contributed by atoms with E-state index < -0.39 is 0 Å². The van der Waals surface area contributed by atoms with Crippen LogP contribution >= 0.6 is 0 Å². The summed E-state index contributed by atoms with van der Waals surface area (Å²) in [6.07, 6.45) is 0. The molecule has 94 valence electrons. The number of anilines is 2. The summed E-state index contributed by atoms with van der Waals surface area (Å²) in [5.41, 5.74) is 2.53. The molecule has 0 fully saturated rings. The van der Waals surface area contributed by atoms with Crippen LogP contribution in [0.15, 0.2) is 34.9 Å². The molecule has 0 aliphatic carbocycles. The second kappa shape index (κ2) is 5.35. The lowest BCUT2D eigenvalue weighted by Crippen LogP contribution is -2.21. The number of hydrogen-bond acceptors (Lipinski definition) is 4. The number of para-hydroxylation sites is 1. The Balaban J connectivity index is 1.88. The minimum atomic E-state index is -0.168. The molecule has 0 radical (unpaired) electrons. The SMILES string of the molecule is Cc1noc(NC(=O)CNc2ccccc2)c1C.